The van der Waals surface area contributed by atoms with Crippen LogP contribution in [0.3, 0.4) is 0 Å². The third-order valence-electron chi connectivity index (χ3n) is 3.58. The van der Waals surface area contributed by atoms with Crippen LogP contribution in [-0.4, -0.2) is 28.5 Å². The minimum absolute atomic E-state index is 0.0424. The summed E-state index contributed by atoms with van der Waals surface area (Å²) < 4.78 is 38.3. The van der Waals surface area contributed by atoms with Gasteiger partial charge in [-0.1, -0.05) is 0 Å². The van der Waals surface area contributed by atoms with Gasteiger partial charge < -0.3 is 10.6 Å². The van der Waals surface area contributed by atoms with E-state index < -0.39 is 22.5 Å². The molecule has 2 rings (SSSR count). The number of hydrogen-bond acceptors (Lipinski definition) is 5. The summed E-state index contributed by atoms with van der Waals surface area (Å²) >= 11 is 0. The number of piperidine rings is 1. The highest BCUT2D eigenvalue weighted by molar-refractivity contribution is 5.63. The standard InChI is InChI=1S/C12H15F3N4O2/c1-7-4-8(16)2-3-18(7)9-5-11(12(13,14)15)17-6-10(9)19(20)21/h5-8H,2-4,16H2,1H3. The van der Waals surface area contributed by atoms with Gasteiger partial charge in [0.2, 0.25) is 0 Å². The molecule has 0 bridgehead atoms. The third kappa shape index (κ3) is 3.23. The van der Waals surface area contributed by atoms with E-state index in [1.165, 1.54) is 0 Å². The van der Waals surface area contributed by atoms with Crippen molar-refractivity contribution in [2.75, 3.05) is 11.4 Å². The first-order valence-electron chi connectivity index (χ1n) is 6.44. The predicted molar refractivity (Wildman–Crippen MR) is 69.9 cm³/mol. The van der Waals surface area contributed by atoms with E-state index in [-0.39, 0.29) is 17.8 Å². The molecule has 0 aromatic carbocycles. The molecule has 2 unspecified atom stereocenters. The summed E-state index contributed by atoms with van der Waals surface area (Å²) in [6.07, 6.45) is -2.83. The molecule has 1 aliphatic heterocycles. The number of pyridine rings is 1. The van der Waals surface area contributed by atoms with E-state index in [0.29, 0.717) is 25.6 Å². The van der Waals surface area contributed by atoms with Gasteiger partial charge in [-0.3, -0.25) is 10.1 Å². The number of nitrogens with two attached hydrogens (primary N) is 1. The van der Waals surface area contributed by atoms with E-state index in [2.05, 4.69) is 4.98 Å². The van der Waals surface area contributed by atoms with Crippen molar-refractivity contribution in [3.63, 3.8) is 0 Å². The van der Waals surface area contributed by atoms with Crippen LogP contribution in [0.1, 0.15) is 25.5 Å². The Morgan fingerprint density at radius 1 is 1.52 bits per heavy atom. The number of halogens is 3. The average molecular weight is 304 g/mol. The molecule has 1 aliphatic rings. The van der Waals surface area contributed by atoms with Crippen molar-refractivity contribution in [2.45, 2.75) is 38.0 Å². The van der Waals surface area contributed by atoms with Crippen molar-refractivity contribution < 1.29 is 18.1 Å². The number of aromatic nitrogens is 1. The molecule has 2 heterocycles. The lowest BCUT2D eigenvalue weighted by atomic mass is 9.98. The molecular formula is C12H15F3N4O2. The maximum absolute atomic E-state index is 12.8. The second-order valence-electron chi connectivity index (χ2n) is 5.14. The van der Waals surface area contributed by atoms with Gasteiger partial charge in [-0.25, -0.2) is 4.98 Å². The Hall–Kier alpha value is -1.90. The number of nitro groups is 1. The fraction of sp³-hybridized carbons (Fsp3) is 0.583. The summed E-state index contributed by atoms with van der Waals surface area (Å²) in [5.41, 5.74) is 4.20. The lowest BCUT2D eigenvalue weighted by molar-refractivity contribution is -0.384. The quantitative estimate of drug-likeness (QED) is 0.669. The number of hydrogen-bond donors (Lipinski definition) is 1. The van der Waals surface area contributed by atoms with Crippen molar-refractivity contribution in [3.8, 4) is 0 Å². The molecule has 0 spiro atoms. The van der Waals surface area contributed by atoms with E-state index in [1.54, 1.807) is 11.8 Å². The summed E-state index contributed by atoms with van der Waals surface area (Å²) in [7, 11) is 0. The number of alkyl halides is 3. The molecule has 2 N–H and O–H groups in total. The molecule has 0 radical (unpaired) electrons. The summed E-state index contributed by atoms with van der Waals surface area (Å²) in [6, 6.07) is 0.529. The molecule has 0 amide bonds. The lowest BCUT2D eigenvalue weighted by Crippen LogP contribution is -2.46. The van der Waals surface area contributed by atoms with Crippen molar-refractivity contribution in [2.24, 2.45) is 5.73 Å². The Labute approximate surface area is 118 Å². The van der Waals surface area contributed by atoms with Gasteiger partial charge in [0, 0.05) is 18.6 Å². The SMILES string of the molecule is CC1CC(N)CCN1c1cc(C(F)(F)F)ncc1[N+](=O)[O-]. The van der Waals surface area contributed by atoms with E-state index in [4.69, 9.17) is 5.73 Å². The van der Waals surface area contributed by atoms with Crippen LogP contribution >= 0.6 is 0 Å². The zero-order valence-electron chi connectivity index (χ0n) is 11.3. The second kappa shape index (κ2) is 5.47. The van der Waals surface area contributed by atoms with E-state index >= 15 is 0 Å². The molecule has 9 heteroatoms. The molecule has 0 saturated carbocycles. The minimum atomic E-state index is -4.64. The van der Waals surface area contributed by atoms with Gasteiger partial charge in [0.15, 0.2) is 0 Å². The second-order valence-corrected chi connectivity index (χ2v) is 5.14. The molecule has 21 heavy (non-hydrogen) atoms. The predicted octanol–water partition coefficient (Wildman–Crippen LogP) is 2.32. The summed E-state index contributed by atoms with van der Waals surface area (Å²) in [6.45, 7) is 2.17. The Morgan fingerprint density at radius 2 is 2.19 bits per heavy atom. The smallest absolute Gasteiger partial charge is 0.363 e. The molecule has 2 atom stereocenters. The first-order valence-corrected chi connectivity index (χ1v) is 6.44. The van der Waals surface area contributed by atoms with E-state index in [0.717, 1.165) is 6.07 Å². The monoisotopic (exact) mass is 304 g/mol. The Morgan fingerprint density at radius 3 is 2.71 bits per heavy atom. The zero-order valence-corrected chi connectivity index (χ0v) is 11.3. The van der Waals surface area contributed by atoms with Crippen LogP contribution in [0, 0.1) is 10.1 Å². The van der Waals surface area contributed by atoms with Gasteiger partial charge >= 0.3 is 11.9 Å². The minimum Gasteiger partial charge on any atom is -0.363 e. The van der Waals surface area contributed by atoms with E-state index in [1.807, 2.05) is 0 Å². The van der Waals surface area contributed by atoms with Crippen molar-refractivity contribution in [1.82, 2.24) is 4.98 Å². The van der Waals surface area contributed by atoms with Gasteiger partial charge in [0.05, 0.1) is 4.92 Å². The summed E-state index contributed by atoms with van der Waals surface area (Å²) in [5, 5.41) is 11.0. The van der Waals surface area contributed by atoms with Gasteiger partial charge in [0.1, 0.15) is 17.6 Å². The summed E-state index contributed by atoms with van der Waals surface area (Å²) in [5.74, 6) is 0. The first-order chi connectivity index (χ1) is 9.70. The zero-order chi connectivity index (χ0) is 15.8. The highest BCUT2D eigenvalue weighted by Gasteiger charge is 2.36. The fourth-order valence-corrected chi connectivity index (χ4v) is 2.53. The Kier molecular flexibility index (Phi) is 4.04. The van der Waals surface area contributed by atoms with Crippen LogP contribution < -0.4 is 10.6 Å². The van der Waals surface area contributed by atoms with Crippen LogP contribution in [0.4, 0.5) is 24.5 Å². The number of anilines is 1. The lowest BCUT2D eigenvalue weighted by Gasteiger charge is -2.37. The first kappa shape index (κ1) is 15.5. The topological polar surface area (TPSA) is 85.3 Å². The molecule has 1 aromatic rings. The fourth-order valence-electron chi connectivity index (χ4n) is 2.53. The summed E-state index contributed by atoms with van der Waals surface area (Å²) in [4.78, 5) is 15.1. The van der Waals surface area contributed by atoms with Crippen molar-refractivity contribution in [1.29, 1.82) is 0 Å². The molecular weight excluding hydrogens is 289 g/mol. The largest absolute Gasteiger partial charge is 0.433 e. The van der Waals surface area contributed by atoms with Crippen LogP contribution in [-0.2, 0) is 6.18 Å². The molecule has 0 aliphatic carbocycles. The van der Waals surface area contributed by atoms with Gasteiger partial charge in [-0.05, 0) is 25.8 Å². The number of nitrogens with zero attached hydrogens (tertiary/aromatic N) is 3. The molecule has 1 fully saturated rings. The van der Waals surface area contributed by atoms with Gasteiger partial charge in [-0.2, -0.15) is 13.2 Å². The maximum Gasteiger partial charge on any atom is 0.433 e. The van der Waals surface area contributed by atoms with Gasteiger partial charge in [-0.15, -0.1) is 0 Å². The van der Waals surface area contributed by atoms with Crippen LogP contribution in [0.15, 0.2) is 12.3 Å². The Balaban J connectivity index is 2.46. The highest BCUT2D eigenvalue weighted by atomic mass is 19.4. The maximum atomic E-state index is 12.8. The van der Waals surface area contributed by atoms with Gasteiger partial charge in [0.25, 0.3) is 0 Å². The van der Waals surface area contributed by atoms with E-state index in [9.17, 15) is 23.3 Å². The Bertz CT molecular complexity index is 550. The van der Waals surface area contributed by atoms with Crippen LogP contribution in [0.25, 0.3) is 0 Å². The normalized spacial score (nSPS) is 23.2. The third-order valence-corrected chi connectivity index (χ3v) is 3.58. The van der Waals surface area contributed by atoms with Crippen LogP contribution in [0.2, 0.25) is 0 Å². The molecule has 116 valence electrons. The van der Waals surface area contributed by atoms with Crippen molar-refractivity contribution in [3.05, 3.63) is 28.1 Å². The molecule has 1 saturated heterocycles. The number of rotatable bonds is 2. The van der Waals surface area contributed by atoms with Crippen LogP contribution in [0.5, 0.6) is 0 Å². The average Bonchev–Trinajstić information content (AvgIpc) is 2.37. The molecule has 1 aromatic heterocycles. The highest BCUT2D eigenvalue weighted by Crippen LogP contribution is 2.37. The van der Waals surface area contributed by atoms with Crippen molar-refractivity contribution >= 4 is 11.4 Å². The molecule has 6 nitrogen and oxygen atoms in total.